The molecule has 124 valence electrons. The Kier molecular flexibility index (Phi) is 4.81. The van der Waals surface area contributed by atoms with Gasteiger partial charge in [0.05, 0.1) is 10.7 Å². The van der Waals surface area contributed by atoms with Crippen molar-refractivity contribution in [3.63, 3.8) is 0 Å². The normalized spacial score (nSPS) is 14.1. The van der Waals surface area contributed by atoms with Crippen LogP contribution in [0.5, 0.6) is 0 Å². The van der Waals surface area contributed by atoms with Crippen LogP contribution in [0.15, 0.2) is 42.5 Å². The van der Waals surface area contributed by atoms with Crippen LogP contribution in [0.1, 0.15) is 28.8 Å². The Hall–Kier alpha value is -2.40. The zero-order chi connectivity index (χ0) is 17.1. The van der Waals surface area contributed by atoms with Crippen LogP contribution in [0.25, 0.3) is 0 Å². The Balaban J connectivity index is 1.74. The van der Waals surface area contributed by atoms with Gasteiger partial charge < -0.3 is 10.2 Å². The molecule has 0 radical (unpaired) electrons. The average Bonchev–Trinajstić information content (AvgIpc) is 2.97. The summed E-state index contributed by atoms with van der Waals surface area (Å²) in [5, 5.41) is 2.47. The van der Waals surface area contributed by atoms with Gasteiger partial charge in [-0.05, 0) is 36.2 Å². The summed E-state index contributed by atoms with van der Waals surface area (Å²) in [6, 6.07) is 11.4. The highest BCUT2D eigenvalue weighted by Crippen LogP contribution is 2.23. The maximum atomic E-state index is 13.9. The fourth-order valence-electron chi connectivity index (χ4n) is 2.70. The van der Waals surface area contributed by atoms with E-state index in [4.69, 9.17) is 11.6 Å². The molecular formula is C18H16ClFN2O2. The number of nitrogens with one attached hydrogen (secondary N) is 1. The van der Waals surface area contributed by atoms with Gasteiger partial charge in [0.1, 0.15) is 0 Å². The van der Waals surface area contributed by atoms with E-state index >= 15 is 0 Å². The molecular weight excluding hydrogens is 331 g/mol. The van der Waals surface area contributed by atoms with Crippen molar-refractivity contribution in [1.29, 1.82) is 0 Å². The first-order chi connectivity index (χ1) is 11.5. The molecule has 2 aromatic carbocycles. The summed E-state index contributed by atoms with van der Waals surface area (Å²) in [5.74, 6) is -0.956. The molecule has 2 amide bonds. The largest absolute Gasteiger partial charge is 0.338 e. The number of rotatable bonds is 4. The summed E-state index contributed by atoms with van der Waals surface area (Å²) >= 11 is 5.71. The lowest BCUT2D eigenvalue weighted by molar-refractivity contribution is -0.128. The van der Waals surface area contributed by atoms with Gasteiger partial charge in [0, 0.05) is 25.1 Å². The zero-order valence-electron chi connectivity index (χ0n) is 12.9. The number of benzene rings is 2. The van der Waals surface area contributed by atoms with E-state index in [1.54, 1.807) is 29.2 Å². The van der Waals surface area contributed by atoms with Crippen LogP contribution in [0.4, 0.5) is 10.1 Å². The molecule has 1 aliphatic heterocycles. The summed E-state index contributed by atoms with van der Waals surface area (Å²) in [7, 11) is 0. The zero-order valence-corrected chi connectivity index (χ0v) is 13.6. The third-order valence-corrected chi connectivity index (χ3v) is 4.23. The predicted octanol–water partition coefficient (Wildman–Crippen LogP) is 3.85. The Morgan fingerprint density at radius 3 is 2.79 bits per heavy atom. The number of nitrogens with zero attached hydrogens (tertiary/aromatic N) is 1. The molecule has 24 heavy (non-hydrogen) atoms. The molecule has 2 aromatic rings. The standard InChI is InChI=1S/C18H16ClFN2O2/c19-14-6-2-7-15(17(14)20)21-18(24)13-5-1-4-12(10-13)11-22-9-3-8-16(22)23/h1-2,4-7,10H,3,8-9,11H2,(H,21,24). The second-order valence-corrected chi connectivity index (χ2v) is 6.08. The number of anilines is 1. The Morgan fingerprint density at radius 1 is 1.25 bits per heavy atom. The minimum atomic E-state index is -0.661. The van der Waals surface area contributed by atoms with Gasteiger partial charge >= 0.3 is 0 Å². The van der Waals surface area contributed by atoms with E-state index < -0.39 is 11.7 Å². The number of carbonyl (C=O) groups is 2. The first kappa shape index (κ1) is 16.5. The first-order valence-electron chi connectivity index (χ1n) is 7.66. The third-order valence-electron chi connectivity index (χ3n) is 3.93. The molecule has 3 rings (SSSR count). The minimum Gasteiger partial charge on any atom is -0.338 e. The van der Waals surface area contributed by atoms with Crippen LogP contribution in [-0.4, -0.2) is 23.3 Å². The summed E-state index contributed by atoms with van der Waals surface area (Å²) in [5.41, 5.74) is 1.30. The minimum absolute atomic E-state index is 0.0348. The summed E-state index contributed by atoms with van der Waals surface area (Å²) in [6.45, 7) is 1.22. The molecule has 1 fully saturated rings. The molecule has 0 spiro atoms. The fourth-order valence-corrected chi connectivity index (χ4v) is 2.87. The van der Waals surface area contributed by atoms with E-state index in [1.807, 2.05) is 6.07 Å². The number of hydrogen-bond acceptors (Lipinski definition) is 2. The van der Waals surface area contributed by atoms with Gasteiger partial charge in [0.25, 0.3) is 5.91 Å². The molecule has 0 bridgehead atoms. The number of hydrogen-bond donors (Lipinski definition) is 1. The molecule has 0 atom stereocenters. The van der Waals surface area contributed by atoms with Gasteiger partial charge in [-0.25, -0.2) is 4.39 Å². The second kappa shape index (κ2) is 7.01. The van der Waals surface area contributed by atoms with Crippen LogP contribution in [-0.2, 0) is 11.3 Å². The van der Waals surface area contributed by atoms with E-state index in [0.717, 1.165) is 18.5 Å². The van der Waals surface area contributed by atoms with E-state index in [0.29, 0.717) is 18.5 Å². The van der Waals surface area contributed by atoms with Gasteiger partial charge in [0.15, 0.2) is 5.82 Å². The van der Waals surface area contributed by atoms with Crippen LogP contribution < -0.4 is 5.32 Å². The second-order valence-electron chi connectivity index (χ2n) is 5.67. The van der Waals surface area contributed by atoms with Crippen molar-refractivity contribution in [2.75, 3.05) is 11.9 Å². The molecule has 1 heterocycles. The SMILES string of the molecule is O=C(Nc1cccc(Cl)c1F)c1cccc(CN2CCCC2=O)c1. The Labute approximate surface area is 144 Å². The number of halogens is 2. The molecule has 4 nitrogen and oxygen atoms in total. The molecule has 0 aliphatic carbocycles. The van der Waals surface area contributed by atoms with Gasteiger partial charge in [0.2, 0.25) is 5.91 Å². The highest BCUT2D eigenvalue weighted by atomic mass is 35.5. The topological polar surface area (TPSA) is 49.4 Å². The lowest BCUT2D eigenvalue weighted by Gasteiger charge is -2.16. The van der Waals surface area contributed by atoms with Crippen LogP contribution >= 0.6 is 11.6 Å². The highest BCUT2D eigenvalue weighted by molar-refractivity contribution is 6.31. The van der Waals surface area contributed by atoms with Crippen molar-refractivity contribution in [1.82, 2.24) is 4.90 Å². The van der Waals surface area contributed by atoms with Crippen LogP contribution in [0.3, 0.4) is 0 Å². The van der Waals surface area contributed by atoms with E-state index in [2.05, 4.69) is 5.32 Å². The molecule has 6 heteroatoms. The summed E-state index contributed by atoms with van der Waals surface area (Å²) < 4.78 is 13.9. The molecule has 0 unspecified atom stereocenters. The predicted molar refractivity (Wildman–Crippen MR) is 90.5 cm³/mol. The van der Waals surface area contributed by atoms with Gasteiger partial charge in [-0.15, -0.1) is 0 Å². The van der Waals surface area contributed by atoms with E-state index in [1.165, 1.54) is 12.1 Å². The van der Waals surface area contributed by atoms with Gasteiger partial charge in [-0.1, -0.05) is 29.8 Å². The van der Waals surface area contributed by atoms with Crippen molar-refractivity contribution < 1.29 is 14.0 Å². The van der Waals surface area contributed by atoms with E-state index in [-0.39, 0.29) is 16.6 Å². The lowest BCUT2D eigenvalue weighted by Crippen LogP contribution is -2.24. The monoisotopic (exact) mass is 346 g/mol. The van der Waals surface area contributed by atoms with Gasteiger partial charge in [-0.2, -0.15) is 0 Å². The molecule has 1 saturated heterocycles. The van der Waals surface area contributed by atoms with Crippen molar-refractivity contribution >= 4 is 29.1 Å². The van der Waals surface area contributed by atoms with Crippen molar-refractivity contribution in [3.05, 3.63) is 64.4 Å². The van der Waals surface area contributed by atoms with Gasteiger partial charge in [-0.3, -0.25) is 9.59 Å². The van der Waals surface area contributed by atoms with E-state index in [9.17, 15) is 14.0 Å². The maximum absolute atomic E-state index is 13.9. The third kappa shape index (κ3) is 3.57. The molecule has 0 saturated carbocycles. The Morgan fingerprint density at radius 2 is 2.04 bits per heavy atom. The maximum Gasteiger partial charge on any atom is 0.255 e. The van der Waals surface area contributed by atoms with Crippen molar-refractivity contribution in [2.45, 2.75) is 19.4 Å². The average molecular weight is 347 g/mol. The summed E-state index contributed by atoms with van der Waals surface area (Å²) in [6.07, 6.45) is 1.45. The van der Waals surface area contributed by atoms with Crippen molar-refractivity contribution in [3.8, 4) is 0 Å². The smallest absolute Gasteiger partial charge is 0.255 e. The highest BCUT2D eigenvalue weighted by Gasteiger charge is 2.20. The molecule has 1 N–H and O–H groups in total. The molecule has 0 aromatic heterocycles. The van der Waals surface area contributed by atoms with Crippen LogP contribution in [0, 0.1) is 5.82 Å². The van der Waals surface area contributed by atoms with Crippen LogP contribution in [0.2, 0.25) is 5.02 Å². The lowest BCUT2D eigenvalue weighted by atomic mass is 10.1. The Bertz CT molecular complexity index is 794. The first-order valence-corrected chi connectivity index (χ1v) is 8.04. The fraction of sp³-hybridized carbons (Fsp3) is 0.222. The quantitative estimate of drug-likeness (QED) is 0.914. The summed E-state index contributed by atoms with van der Waals surface area (Å²) in [4.78, 5) is 25.8. The number of carbonyl (C=O) groups excluding carboxylic acids is 2. The molecule has 1 aliphatic rings. The van der Waals surface area contributed by atoms with Crippen molar-refractivity contribution in [2.24, 2.45) is 0 Å². The number of amides is 2. The number of likely N-dealkylation sites (tertiary alicyclic amines) is 1.